The molecule has 0 bridgehead atoms. The number of carbonyl (C=O) groups excluding carboxylic acids is 1. The fraction of sp³-hybridized carbons (Fsp3) is 0.176. The topological polar surface area (TPSA) is 105 Å². The lowest BCUT2D eigenvalue weighted by molar-refractivity contribution is -0.116. The summed E-state index contributed by atoms with van der Waals surface area (Å²) in [7, 11) is -1.64. The van der Waals surface area contributed by atoms with E-state index in [1.807, 2.05) is 30.3 Å². The quantitative estimate of drug-likeness (QED) is 0.464. The van der Waals surface area contributed by atoms with Crippen molar-refractivity contribution >= 4 is 24.6 Å². The molecule has 7 heteroatoms. The lowest BCUT2D eigenvalue weighted by atomic mass is 9.77. The van der Waals surface area contributed by atoms with Crippen molar-refractivity contribution in [1.82, 2.24) is 0 Å². The maximum atomic E-state index is 11.2. The van der Waals surface area contributed by atoms with Gasteiger partial charge in [0.25, 0.3) is 0 Å². The molecule has 0 aromatic heterocycles. The zero-order valence-electron chi connectivity index (χ0n) is 13.1. The average molecular weight is 326 g/mol. The molecule has 124 valence electrons. The van der Waals surface area contributed by atoms with Gasteiger partial charge in [0.05, 0.1) is 13.1 Å². The minimum Gasteiger partial charge on any atom is -0.489 e. The predicted molar refractivity (Wildman–Crippen MR) is 93.6 cm³/mol. The van der Waals surface area contributed by atoms with Crippen molar-refractivity contribution in [1.29, 1.82) is 0 Å². The van der Waals surface area contributed by atoms with Crippen LogP contribution in [0.3, 0.4) is 0 Å². The number of ketones is 1. The van der Waals surface area contributed by atoms with Crippen LogP contribution >= 0.6 is 0 Å². The van der Waals surface area contributed by atoms with Gasteiger partial charge in [-0.1, -0.05) is 36.4 Å². The van der Waals surface area contributed by atoms with Crippen molar-refractivity contribution in [2.24, 2.45) is 10.7 Å². The first-order chi connectivity index (χ1) is 11.6. The summed E-state index contributed by atoms with van der Waals surface area (Å²) in [4.78, 5) is 15.2. The number of carbonyl (C=O) groups is 1. The zero-order valence-corrected chi connectivity index (χ0v) is 13.1. The summed E-state index contributed by atoms with van der Waals surface area (Å²) in [5.41, 5.74) is 7.00. The van der Waals surface area contributed by atoms with Crippen LogP contribution in [-0.2, 0) is 11.4 Å². The number of nitrogens with zero attached hydrogens (tertiary/aromatic N) is 1. The molecule has 0 amide bonds. The smallest absolute Gasteiger partial charge is 0.489 e. The highest BCUT2D eigenvalue weighted by molar-refractivity contribution is 6.60. The summed E-state index contributed by atoms with van der Waals surface area (Å²) in [6, 6.07) is 14.5. The molecule has 6 nitrogen and oxygen atoms in total. The second kappa shape index (κ2) is 8.98. The Kier molecular flexibility index (Phi) is 6.68. The van der Waals surface area contributed by atoms with Crippen LogP contribution in [0.4, 0.5) is 0 Å². The summed E-state index contributed by atoms with van der Waals surface area (Å²) < 4.78 is 5.70. The largest absolute Gasteiger partial charge is 0.489 e. The highest BCUT2D eigenvalue weighted by Gasteiger charge is 2.15. The Morgan fingerprint density at radius 3 is 2.62 bits per heavy atom. The molecule has 0 radical (unpaired) electrons. The standard InChI is InChI=1S/C17H19BN2O4/c19-9-15(21)11-20-10-14-8-16(6-7-17(14)18(22)23)24-12-13-4-2-1-3-5-13/h1-8,10,22-23H,9,11-12,19H2. The molecule has 0 aliphatic heterocycles. The maximum Gasteiger partial charge on any atom is 0.489 e. The van der Waals surface area contributed by atoms with Crippen LogP contribution in [0.1, 0.15) is 11.1 Å². The van der Waals surface area contributed by atoms with E-state index < -0.39 is 7.12 Å². The second-order valence-corrected chi connectivity index (χ2v) is 5.15. The van der Waals surface area contributed by atoms with E-state index in [9.17, 15) is 14.8 Å². The van der Waals surface area contributed by atoms with Crippen molar-refractivity contribution in [3.05, 3.63) is 59.7 Å². The van der Waals surface area contributed by atoms with Gasteiger partial charge >= 0.3 is 7.12 Å². The fourth-order valence-electron chi connectivity index (χ4n) is 2.04. The lowest BCUT2D eigenvalue weighted by Gasteiger charge is -2.10. The first-order valence-electron chi connectivity index (χ1n) is 7.48. The molecule has 0 unspecified atom stereocenters. The molecule has 0 atom stereocenters. The first-order valence-corrected chi connectivity index (χ1v) is 7.48. The molecule has 0 saturated carbocycles. The van der Waals surface area contributed by atoms with Gasteiger partial charge in [0.2, 0.25) is 0 Å². The highest BCUT2D eigenvalue weighted by Crippen LogP contribution is 2.13. The molecule has 0 aliphatic carbocycles. The Morgan fingerprint density at radius 2 is 1.96 bits per heavy atom. The molecular formula is C17H19BN2O4. The number of Topliss-reactive ketones (excluding diaryl/α,β-unsaturated/α-hetero) is 1. The van der Waals surface area contributed by atoms with Gasteiger partial charge in [-0.25, -0.2) is 0 Å². The summed E-state index contributed by atoms with van der Waals surface area (Å²) in [5.74, 6) is 0.365. The predicted octanol–water partition coefficient (Wildman–Crippen LogP) is -0.108. The Hall–Kier alpha value is -2.48. The van der Waals surface area contributed by atoms with Gasteiger partial charge in [-0.15, -0.1) is 0 Å². The third kappa shape index (κ3) is 5.31. The van der Waals surface area contributed by atoms with E-state index in [2.05, 4.69) is 4.99 Å². The zero-order chi connectivity index (χ0) is 17.4. The van der Waals surface area contributed by atoms with Gasteiger partial charge in [-0.05, 0) is 28.7 Å². The van der Waals surface area contributed by atoms with Crippen molar-refractivity contribution < 1.29 is 19.6 Å². The average Bonchev–Trinajstić information content (AvgIpc) is 2.60. The SMILES string of the molecule is NCC(=O)CN=Cc1cc(OCc2ccccc2)ccc1B(O)O. The molecule has 4 N–H and O–H groups in total. The summed E-state index contributed by atoms with van der Waals surface area (Å²) in [6.07, 6.45) is 1.41. The van der Waals surface area contributed by atoms with Crippen LogP contribution in [0.25, 0.3) is 0 Å². The van der Waals surface area contributed by atoms with Gasteiger partial charge in [-0.2, -0.15) is 0 Å². The third-order valence-corrected chi connectivity index (χ3v) is 3.31. The number of hydrogen-bond donors (Lipinski definition) is 3. The molecule has 2 aromatic rings. The second-order valence-electron chi connectivity index (χ2n) is 5.15. The third-order valence-electron chi connectivity index (χ3n) is 3.31. The molecule has 2 rings (SSSR count). The van der Waals surface area contributed by atoms with Crippen LogP contribution in [0, 0.1) is 0 Å². The van der Waals surface area contributed by atoms with Crippen molar-refractivity contribution in [2.75, 3.05) is 13.1 Å². The minimum atomic E-state index is -1.64. The van der Waals surface area contributed by atoms with Crippen LogP contribution in [-0.4, -0.2) is 42.3 Å². The number of ether oxygens (including phenoxy) is 1. The summed E-state index contributed by atoms with van der Waals surface area (Å²) >= 11 is 0. The first kappa shape index (κ1) is 17.9. The summed E-state index contributed by atoms with van der Waals surface area (Å²) in [6.45, 7) is 0.268. The maximum absolute atomic E-state index is 11.2. The van der Waals surface area contributed by atoms with Gasteiger partial charge < -0.3 is 20.5 Å². The van der Waals surface area contributed by atoms with Crippen molar-refractivity contribution in [3.8, 4) is 5.75 Å². The fourth-order valence-corrected chi connectivity index (χ4v) is 2.04. The molecular weight excluding hydrogens is 307 g/mol. The number of nitrogens with two attached hydrogens (primary N) is 1. The van der Waals surface area contributed by atoms with Gasteiger partial charge in [-0.3, -0.25) is 9.79 Å². The van der Waals surface area contributed by atoms with E-state index in [4.69, 9.17) is 10.5 Å². The van der Waals surface area contributed by atoms with Crippen LogP contribution in [0.5, 0.6) is 5.75 Å². The lowest BCUT2D eigenvalue weighted by Crippen LogP contribution is -2.33. The van der Waals surface area contributed by atoms with Gasteiger partial charge in [0.15, 0.2) is 5.78 Å². The summed E-state index contributed by atoms with van der Waals surface area (Å²) in [5, 5.41) is 18.8. The van der Waals surface area contributed by atoms with E-state index in [0.717, 1.165) is 5.56 Å². The number of hydrogen-bond acceptors (Lipinski definition) is 6. The van der Waals surface area contributed by atoms with Gasteiger partial charge in [0.1, 0.15) is 12.4 Å². The molecule has 2 aromatic carbocycles. The molecule has 0 fully saturated rings. The monoisotopic (exact) mass is 326 g/mol. The molecule has 0 heterocycles. The Balaban J connectivity index is 2.13. The minimum absolute atomic E-state index is 0.0490. The van der Waals surface area contributed by atoms with Gasteiger partial charge in [0, 0.05) is 6.21 Å². The normalized spacial score (nSPS) is 10.8. The van der Waals surface area contributed by atoms with Crippen molar-refractivity contribution in [2.45, 2.75) is 6.61 Å². The molecule has 24 heavy (non-hydrogen) atoms. The molecule has 0 spiro atoms. The van der Waals surface area contributed by atoms with E-state index in [1.54, 1.807) is 18.2 Å². The van der Waals surface area contributed by atoms with Crippen LogP contribution < -0.4 is 15.9 Å². The van der Waals surface area contributed by atoms with E-state index in [1.165, 1.54) is 6.21 Å². The van der Waals surface area contributed by atoms with E-state index >= 15 is 0 Å². The highest BCUT2D eigenvalue weighted by atomic mass is 16.5. The number of benzene rings is 2. The Labute approximate surface area is 140 Å². The van der Waals surface area contributed by atoms with E-state index in [0.29, 0.717) is 17.9 Å². The number of rotatable bonds is 8. The van der Waals surface area contributed by atoms with Crippen molar-refractivity contribution in [3.63, 3.8) is 0 Å². The van der Waals surface area contributed by atoms with Crippen LogP contribution in [0.2, 0.25) is 0 Å². The molecule has 0 aliphatic rings. The molecule has 0 saturated heterocycles. The van der Waals surface area contributed by atoms with Crippen LogP contribution in [0.15, 0.2) is 53.5 Å². The Bertz CT molecular complexity index is 705. The van der Waals surface area contributed by atoms with E-state index in [-0.39, 0.29) is 24.3 Å². The Morgan fingerprint density at radius 1 is 1.21 bits per heavy atom. The number of aliphatic imine (C=N–C) groups is 1.